The van der Waals surface area contributed by atoms with E-state index in [1.54, 1.807) is 0 Å². The molecule has 0 amide bonds. The maximum Gasteiger partial charge on any atom is 0.129 e. The monoisotopic (exact) mass is 309 g/mol. The Labute approximate surface area is 139 Å². The van der Waals surface area contributed by atoms with Crippen LogP contribution in [0.5, 0.6) is 0 Å². The molecule has 23 heavy (non-hydrogen) atoms. The SMILES string of the molecule is CCc1cc(-c2cc(NC)ccc2C)cc(N2CCCCC2)n1. The first-order chi connectivity index (χ1) is 11.2. The van der Waals surface area contributed by atoms with Crippen molar-refractivity contribution in [3.63, 3.8) is 0 Å². The van der Waals surface area contributed by atoms with Crippen LogP contribution in [0.15, 0.2) is 30.3 Å². The van der Waals surface area contributed by atoms with Gasteiger partial charge in [-0.15, -0.1) is 0 Å². The van der Waals surface area contributed by atoms with Gasteiger partial charge >= 0.3 is 0 Å². The van der Waals surface area contributed by atoms with Gasteiger partial charge in [0.25, 0.3) is 0 Å². The molecule has 0 spiro atoms. The lowest BCUT2D eigenvalue weighted by atomic mass is 9.99. The molecular weight excluding hydrogens is 282 g/mol. The van der Waals surface area contributed by atoms with E-state index in [0.29, 0.717) is 0 Å². The van der Waals surface area contributed by atoms with Crippen molar-refractivity contribution in [3.8, 4) is 11.1 Å². The maximum absolute atomic E-state index is 4.88. The minimum absolute atomic E-state index is 0.972. The molecule has 3 rings (SSSR count). The largest absolute Gasteiger partial charge is 0.388 e. The number of piperidine rings is 1. The number of hydrogen-bond acceptors (Lipinski definition) is 3. The summed E-state index contributed by atoms with van der Waals surface area (Å²) in [6.45, 7) is 6.63. The lowest BCUT2D eigenvalue weighted by Crippen LogP contribution is -2.30. The minimum atomic E-state index is 0.972. The molecule has 0 aliphatic carbocycles. The lowest BCUT2D eigenvalue weighted by Gasteiger charge is -2.28. The van der Waals surface area contributed by atoms with Gasteiger partial charge in [-0.3, -0.25) is 0 Å². The molecule has 0 radical (unpaired) electrons. The summed E-state index contributed by atoms with van der Waals surface area (Å²) in [5, 5.41) is 3.24. The predicted octanol–water partition coefficient (Wildman–Crippen LogP) is 4.65. The van der Waals surface area contributed by atoms with Crippen LogP contribution in [0, 0.1) is 6.92 Å². The summed E-state index contributed by atoms with van der Waals surface area (Å²) in [5.74, 6) is 1.15. The van der Waals surface area contributed by atoms with Crippen molar-refractivity contribution in [2.75, 3.05) is 30.4 Å². The third kappa shape index (κ3) is 3.49. The molecular formula is C20H27N3. The zero-order chi connectivity index (χ0) is 16.2. The highest BCUT2D eigenvalue weighted by Gasteiger charge is 2.15. The summed E-state index contributed by atoms with van der Waals surface area (Å²) in [6, 6.07) is 11.1. The van der Waals surface area contributed by atoms with E-state index < -0.39 is 0 Å². The Kier molecular flexibility index (Phi) is 4.85. The molecule has 0 bridgehead atoms. The maximum atomic E-state index is 4.88. The molecule has 2 heterocycles. The summed E-state index contributed by atoms with van der Waals surface area (Å²) in [5.41, 5.74) is 6.22. The molecule has 0 unspecified atom stereocenters. The number of nitrogens with one attached hydrogen (secondary N) is 1. The van der Waals surface area contributed by atoms with Crippen LogP contribution >= 0.6 is 0 Å². The summed E-state index contributed by atoms with van der Waals surface area (Å²) in [6.07, 6.45) is 4.88. The molecule has 1 saturated heterocycles. The van der Waals surface area contributed by atoms with Crippen molar-refractivity contribution < 1.29 is 0 Å². The van der Waals surface area contributed by atoms with Crippen LogP contribution in [0.4, 0.5) is 11.5 Å². The predicted molar refractivity (Wildman–Crippen MR) is 99.4 cm³/mol. The van der Waals surface area contributed by atoms with Crippen LogP contribution in [-0.2, 0) is 6.42 Å². The number of nitrogens with zero attached hydrogens (tertiary/aromatic N) is 2. The van der Waals surface area contributed by atoms with E-state index in [2.05, 4.69) is 54.4 Å². The van der Waals surface area contributed by atoms with Gasteiger partial charge in [0.2, 0.25) is 0 Å². The Morgan fingerprint density at radius 2 is 1.87 bits per heavy atom. The summed E-state index contributed by atoms with van der Waals surface area (Å²) in [7, 11) is 1.97. The standard InChI is InChI=1S/C20H27N3/c1-4-17-12-16(19-14-18(21-3)9-8-15(19)2)13-20(22-17)23-10-6-5-7-11-23/h8-9,12-14,21H,4-7,10-11H2,1-3H3. The number of pyridine rings is 1. The first-order valence-corrected chi connectivity index (χ1v) is 8.76. The molecule has 2 aromatic rings. The van der Waals surface area contributed by atoms with Gasteiger partial charge in [0.1, 0.15) is 5.82 Å². The van der Waals surface area contributed by atoms with Gasteiger partial charge < -0.3 is 10.2 Å². The topological polar surface area (TPSA) is 28.2 Å². The smallest absolute Gasteiger partial charge is 0.129 e. The van der Waals surface area contributed by atoms with Gasteiger partial charge in [0, 0.05) is 31.5 Å². The zero-order valence-corrected chi connectivity index (χ0v) is 14.5. The quantitative estimate of drug-likeness (QED) is 0.891. The summed E-state index contributed by atoms with van der Waals surface area (Å²) >= 11 is 0. The van der Waals surface area contributed by atoms with Crippen LogP contribution in [-0.4, -0.2) is 25.1 Å². The van der Waals surface area contributed by atoms with E-state index in [1.807, 2.05) is 7.05 Å². The lowest BCUT2D eigenvalue weighted by molar-refractivity contribution is 0.573. The Bertz CT molecular complexity index is 673. The number of benzene rings is 1. The van der Waals surface area contributed by atoms with Crippen molar-refractivity contribution >= 4 is 11.5 Å². The summed E-state index contributed by atoms with van der Waals surface area (Å²) < 4.78 is 0. The minimum Gasteiger partial charge on any atom is -0.388 e. The van der Waals surface area contributed by atoms with E-state index >= 15 is 0 Å². The molecule has 1 fully saturated rings. The Morgan fingerprint density at radius 1 is 1.09 bits per heavy atom. The van der Waals surface area contributed by atoms with Crippen LogP contribution in [0.25, 0.3) is 11.1 Å². The van der Waals surface area contributed by atoms with E-state index in [4.69, 9.17) is 4.98 Å². The van der Waals surface area contributed by atoms with Gasteiger partial charge in [0.15, 0.2) is 0 Å². The fourth-order valence-corrected chi connectivity index (χ4v) is 3.28. The van der Waals surface area contributed by atoms with E-state index in [1.165, 1.54) is 41.6 Å². The number of rotatable bonds is 4. The highest BCUT2D eigenvalue weighted by atomic mass is 15.2. The van der Waals surface area contributed by atoms with Crippen LogP contribution < -0.4 is 10.2 Å². The fraction of sp³-hybridized carbons (Fsp3) is 0.450. The molecule has 122 valence electrons. The van der Waals surface area contributed by atoms with Crippen molar-refractivity contribution in [2.24, 2.45) is 0 Å². The Morgan fingerprint density at radius 3 is 2.57 bits per heavy atom. The number of anilines is 2. The first kappa shape index (κ1) is 15.9. The number of hydrogen-bond donors (Lipinski definition) is 1. The highest BCUT2D eigenvalue weighted by molar-refractivity contribution is 5.74. The molecule has 0 atom stereocenters. The Balaban J connectivity index is 2.04. The van der Waals surface area contributed by atoms with Gasteiger partial charge in [-0.05, 0) is 73.6 Å². The molecule has 3 nitrogen and oxygen atoms in total. The van der Waals surface area contributed by atoms with Gasteiger partial charge in [-0.1, -0.05) is 13.0 Å². The van der Waals surface area contributed by atoms with Crippen molar-refractivity contribution in [2.45, 2.75) is 39.5 Å². The number of aryl methyl sites for hydroxylation is 2. The Hall–Kier alpha value is -2.03. The third-order valence-electron chi connectivity index (χ3n) is 4.74. The molecule has 0 saturated carbocycles. The van der Waals surface area contributed by atoms with E-state index in [-0.39, 0.29) is 0 Å². The highest BCUT2D eigenvalue weighted by Crippen LogP contribution is 2.30. The van der Waals surface area contributed by atoms with Crippen LogP contribution in [0.2, 0.25) is 0 Å². The second-order valence-electron chi connectivity index (χ2n) is 6.39. The molecule has 1 aromatic carbocycles. The van der Waals surface area contributed by atoms with E-state index in [0.717, 1.165) is 31.0 Å². The third-order valence-corrected chi connectivity index (χ3v) is 4.74. The van der Waals surface area contributed by atoms with Crippen molar-refractivity contribution in [1.82, 2.24) is 4.98 Å². The van der Waals surface area contributed by atoms with E-state index in [9.17, 15) is 0 Å². The van der Waals surface area contributed by atoms with Crippen LogP contribution in [0.3, 0.4) is 0 Å². The van der Waals surface area contributed by atoms with Gasteiger partial charge in [0.05, 0.1) is 0 Å². The molecule has 1 aliphatic rings. The fourth-order valence-electron chi connectivity index (χ4n) is 3.28. The molecule has 1 aromatic heterocycles. The second kappa shape index (κ2) is 7.03. The zero-order valence-electron chi connectivity index (χ0n) is 14.5. The van der Waals surface area contributed by atoms with Crippen molar-refractivity contribution in [1.29, 1.82) is 0 Å². The average Bonchev–Trinajstić information content (AvgIpc) is 2.62. The normalized spacial score (nSPS) is 14.8. The second-order valence-corrected chi connectivity index (χ2v) is 6.39. The molecule has 3 heteroatoms. The van der Waals surface area contributed by atoms with Gasteiger partial charge in [-0.25, -0.2) is 4.98 Å². The summed E-state index contributed by atoms with van der Waals surface area (Å²) in [4.78, 5) is 7.33. The number of aromatic nitrogens is 1. The van der Waals surface area contributed by atoms with Gasteiger partial charge in [-0.2, -0.15) is 0 Å². The molecule has 1 aliphatic heterocycles. The molecule has 1 N–H and O–H groups in total. The average molecular weight is 309 g/mol. The van der Waals surface area contributed by atoms with Crippen LogP contribution in [0.1, 0.15) is 37.4 Å². The van der Waals surface area contributed by atoms with Crippen molar-refractivity contribution in [3.05, 3.63) is 41.6 Å². The first-order valence-electron chi connectivity index (χ1n) is 8.76.